The van der Waals surface area contributed by atoms with Gasteiger partial charge in [-0.25, -0.2) is 9.59 Å². The van der Waals surface area contributed by atoms with Crippen LogP contribution in [0.4, 0.5) is 0 Å². The Kier molecular flexibility index (Phi) is 9.63. The lowest BCUT2D eigenvalue weighted by Gasteiger charge is -2.37. The van der Waals surface area contributed by atoms with Gasteiger partial charge in [0.15, 0.2) is 5.29 Å². The van der Waals surface area contributed by atoms with Crippen LogP contribution in [0.15, 0.2) is 0 Å². The molecule has 0 amide bonds. The topological polar surface area (TPSA) is 55.8 Å². The molecule has 124 valence electrons. The smallest absolute Gasteiger partial charge is 0.346 e. The first-order valence-electron chi connectivity index (χ1n) is 7.83. The van der Waals surface area contributed by atoms with Crippen molar-refractivity contribution in [3.8, 4) is 0 Å². The molecule has 0 aromatic heterocycles. The first kappa shape index (κ1) is 20.2. The normalized spacial score (nSPS) is 11.4. The fourth-order valence-electron chi connectivity index (χ4n) is 2.67. The highest BCUT2D eigenvalue weighted by Crippen LogP contribution is 2.52. The molecule has 0 aliphatic carbocycles. The Morgan fingerprint density at radius 2 is 1.19 bits per heavy atom. The molecular formula is C15H30NO4P. The third-order valence-electron chi connectivity index (χ3n) is 3.67. The SMILES string of the molecule is CCOC(=O)C(C(=O)OCC)=P(CC)(CC)N(CC)CC. The highest BCUT2D eigenvalue weighted by molar-refractivity contribution is 7.77. The quantitative estimate of drug-likeness (QED) is 0.371. The van der Waals surface area contributed by atoms with Crippen LogP contribution in [0.2, 0.25) is 0 Å². The minimum atomic E-state index is -2.05. The second kappa shape index (κ2) is 10.0. The largest absolute Gasteiger partial charge is 0.462 e. The maximum atomic E-state index is 12.4. The summed E-state index contributed by atoms with van der Waals surface area (Å²) >= 11 is 0. The molecule has 0 rings (SSSR count). The molecule has 0 saturated heterocycles. The van der Waals surface area contributed by atoms with Gasteiger partial charge in [0.2, 0.25) is 0 Å². The maximum Gasteiger partial charge on any atom is 0.346 e. The highest BCUT2D eigenvalue weighted by atomic mass is 31.2. The summed E-state index contributed by atoms with van der Waals surface area (Å²) in [5.41, 5.74) is 0. The fourth-order valence-corrected chi connectivity index (χ4v) is 6.72. The van der Waals surface area contributed by atoms with Gasteiger partial charge in [-0.15, -0.1) is 0 Å². The van der Waals surface area contributed by atoms with Gasteiger partial charge in [-0.1, -0.05) is 27.7 Å². The monoisotopic (exact) mass is 319 g/mol. The zero-order valence-corrected chi connectivity index (χ0v) is 15.2. The average Bonchev–Trinajstić information content (AvgIpc) is 2.47. The van der Waals surface area contributed by atoms with Crippen molar-refractivity contribution in [3.63, 3.8) is 0 Å². The number of esters is 2. The number of hydrogen-bond acceptors (Lipinski definition) is 5. The molecule has 0 aromatic carbocycles. The molecule has 0 atom stereocenters. The van der Waals surface area contributed by atoms with Gasteiger partial charge in [0.25, 0.3) is 0 Å². The Morgan fingerprint density at radius 1 is 0.810 bits per heavy atom. The number of rotatable bonds is 9. The van der Waals surface area contributed by atoms with Gasteiger partial charge in [-0.3, -0.25) is 4.67 Å². The zero-order valence-electron chi connectivity index (χ0n) is 14.3. The molecule has 0 heterocycles. The summed E-state index contributed by atoms with van der Waals surface area (Å²) in [6.45, 7) is 13.8. The molecule has 0 radical (unpaired) electrons. The summed E-state index contributed by atoms with van der Waals surface area (Å²) in [5.74, 6) is -1.03. The second-order valence-electron chi connectivity index (χ2n) is 4.48. The number of nitrogens with zero attached hydrogens (tertiary/aromatic N) is 1. The van der Waals surface area contributed by atoms with Crippen molar-refractivity contribution in [2.45, 2.75) is 41.5 Å². The van der Waals surface area contributed by atoms with E-state index in [2.05, 4.69) is 18.5 Å². The Labute approximate surface area is 129 Å². The van der Waals surface area contributed by atoms with E-state index in [1.807, 2.05) is 13.8 Å². The van der Waals surface area contributed by atoms with Crippen LogP contribution in [0.3, 0.4) is 0 Å². The molecule has 0 aliphatic heterocycles. The van der Waals surface area contributed by atoms with Crippen molar-refractivity contribution in [1.29, 1.82) is 0 Å². The van der Waals surface area contributed by atoms with Gasteiger partial charge in [-0.2, -0.15) is 0 Å². The molecule has 6 heteroatoms. The molecule has 0 aromatic rings. The average molecular weight is 319 g/mol. The Balaban J connectivity index is 6.26. The van der Waals surface area contributed by atoms with E-state index in [0.29, 0.717) is 0 Å². The fraction of sp³-hybridized carbons (Fsp3) is 0.800. The number of carbonyl (C=O) groups excluding carboxylic acids is 2. The summed E-state index contributed by atoms with van der Waals surface area (Å²) < 4.78 is 12.5. The van der Waals surface area contributed by atoms with Gasteiger partial charge in [-0.05, 0) is 46.3 Å². The van der Waals surface area contributed by atoms with E-state index in [1.54, 1.807) is 13.8 Å². The van der Waals surface area contributed by atoms with Crippen molar-refractivity contribution in [2.75, 3.05) is 38.6 Å². The Bertz CT molecular complexity index is 374. The van der Waals surface area contributed by atoms with Gasteiger partial charge >= 0.3 is 11.9 Å². The summed E-state index contributed by atoms with van der Waals surface area (Å²) in [4.78, 5) is 24.8. The first-order chi connectivity index (χ1) is 9.98. The van der Waals surface area contributed by atoms with E-state index in [-0.39, 0.29) is 18.5 Å². The van der Waals surface area contributed by atoms with Crippen molar-refractivity contribution in [2.24, 2.45) is 0 Å². The van der Waals surface area contributed by atoms with Gasteiger partial charge in [0.1, 0.15) is 0 Å². The van der Waals surface area contributed by atoms with E-state index in [9.17, 15) is 9.59 Å². The molecule has 5 nitrogen and oxygen atoms in total. The number of carbonyl (C=O) groups is 2. The Morgan fingerprint density at radius 3 is 1.43 bits per heavy atom. The van der Waals surface area contributed by atoms with Crippen LogP contribution in [0, 0.1) is 0 Å². The van der Waals surface area contributed by atoms with Crippen LogP contribution < -0.4 is 0 Å². The molecule has 0 spiro atoms. The van der Waals surface area contributed by atoms with Crippen LogP contribution in [0.5, 0.6) is 0 Å². The highest BCUT2D eigenvalue weighted by Gasteiger charge is 2.35. The van der Waals surface area contributed by atoms with Crippen molar-refractivity contribution >= 4 is 24.3 Å². The lowest BCUT2D eigenvalue weighted by atomic mass is 10.4. The Hall–Kier alpha value is -0.800. The van der Waals surface area contributed by atoms with Crippen LogP contribution in [0.25, 0.3) is 0 Å². The molecule has 21 heavy (non-hydrogen) atoms. The van der Waals surface area contributed by atoms with Gasteiger partial charge in [0, 0.05) is 0 Å². The minimum absolute atomic E-state index is 0.236. The third-order valence-corrected chi connectivity index (χ3v) is 8.61. The van der Waals surface area contributed by atoms with Gasteiger partial charge in [0.05, 0.1) is 13.2 Å². The minimum Gasteiger partial charge on any atom is -0.462 e. The van der Waals surface area contributed by atoms with Crippen molar-refractivity contribution in [1.82, 2.24) is 4.67 Å². The standard InChI is InChI=1S/C15H30NO4P/c1-7-16(8-2)21(11-5,12-6)13(14(17)19-9-3)15(18)20-10-4/h7-12H2,1-6H3. The van der Waals surface area contributed by atoms with E-state index < -0.39 is 19.0 Å². The van der Waals surface area contributed by atoms with Crippen LogP contribution in [-0.2, 0) is 19.1 Å². The zero-order chi connectivity index (χ0) is 16.5. The van der Waals surface area contributed by atoms with E-state index in [4.69, 9.17) is 9.47 Å². The third kappa shape index (κ3) is 4.58. The summed E-state index contributed by atoms with van der Waals surface area (Å²) in [5, 5.41) is 0.236. The van der Waals surface area contributed by atoms with Crippen LogP contribution in [-0.4, -0.2) is 60.5 Å². The first-order valence-corrected chi connectivity index (χ1v) is 9.94. The number of hydrogen-bond donors (Lipinski definition) is 0. The van der Waals surface area contributed by atoms with Gasteiger partial charge < -0.3 is 9.47 Å². The van der Waals surface area contributed by atoms with E-state index in [1.165, 1.54) is 0 Å². The molecular weight excluding hydrogens is 289 g/mol. The molecule has 0 N–H and O–H groups in total. The summed E-state index contributed by atoms with van der Waals surface area (Å²) in [7, 11) is -2.05. The van der Waals surface area contributed by atoms with E-state index >= 15 is 0 Å². The lowest BCUT2D eigenvalue weighted by molar-refractivity contribution is -0.140. The van der Waals surface area contributed by atoms with E-state index in [0.717, 1.165) is 25.4 Å². The predicted octanol–water partition coefficient (Wildman–Crippen LogP) is 2.60. The van der Waals surface area contributed by atoms with Crippen LogP contribution in [0.1, 0.15) is 41.5 Å². The molecule has 0 aliphatic rings. The molecule has 0 bridgehead atoms. The summed E-state index contributed by atoms with van der Waals surface area (Å²) in [6.07, 6.45) is 1.52. The number of ether oxygens (including phenoxy) is 2. The second-order valence-corrected chi connectivity index (χ2v) is 8.61. The van der Waals surface area contributed by atoms with Crippen molar-refractivity contribution < 1.29 is 19.1 Å². The molecule has 0 saturated carbocycles. The van der Waals surface area contributed by atoms with Crippen LogP contribution >= 0.6 is 7.04 Å². The lowest BCUT2D eigenvalue weighted by Crippen LogP contribution is -2.36. The maximum absolute atomic E-state index is 12.4. The molecule has 0 fully saturated rings. The summed E-state index contributed by atoms with van der Waals surface area (Å²) in [6, 6.07) is 0. The predicted molar refractivity (Wildman–Crippen MR) is 89.2 cm³/mol. The van der Waals surface area contributed by atoms with Crippen molar-refractivity contribution in [3.05, 3.63) is 0 Å². The molecule has 0 unspecified atom stereocenters.